The van der Waals surface area contributed by atoms with Gasteiger partial charge in [0.2, 0.25) is 5.82 Å². The van der Waals surface area contributed by atoms with Crippen molar-refractivity contribution in [3.05, 3.63) is 66.0 Å². The van der Waals surface area contributed by atoms with E-state index < -0.39 is 11.7 Å². The molecule has 2 amide bonds. The maximum atomic E-state index is 13.9. The maximum Gasteiger partial charge on any atom is 0.290 e. The maximum absolute atomic E-state index is 13.9. The van der Waals surface area contributed by atoms with Gasteiger partial charge in [0.05, 0.1) is 11.2 Å². The van der Waals surface area contributed by atoms with Gasteiger partial charge in [-0.05, 0) is 31.3 Å². The Morgan fingerprint density at radius 2 is 1.75 bits per heavy atom. The molecule has 3 aromatic rings. The predicted molar refractivity (Wildman–Crippen MR) is 103 cm³/mol. The number of likely N-dealkylation sites (N-methyl/N-ethyl adjacent to an activating group) is 1. The molecule has 0 radical (unpaired) electrons. The highest BCUT2D eigenvalue weighted by atomic mass is 19.1. The molecule has 1 N–H and O–H groups in total. The van der Waals surface area contributed by atoms with Crippen molar-refractivity contribution in [2.24, 2.45) is 0 Å². The van der Waals surface area contributed by atoms with Crippen molar-refractivity contribution in [1.29, 1.82) is 0 Å². The summed E-state index contributed by atoms with van der Waals surface area (Å²) in [5.74, 6) is -1.14. The Kier molecular flexibility index (Phi) is 4.79. The van der Waals surface area contributed by atoms with Crippen LogP contribution in [-0.2, 0) is 0 Å². The number of carbonyl (C=O) groups excluding carboxylic acids is 2. The van der Waals surface area contributed by atoms with E-state index in [9.17, 15) is 14.0 Å². The fraction of sp³-hybridized carbons (Fsp3) is 0.250. The van der Waals surface area contributed by atoms with Crippen LogP contribution >= 0.6 is 0 Å². The zero-order valence-corrected chi connectivity index (χ0v) is 15.4. The summed E-state index contributed by atoms with van der Waals surface area (Å²) < 4.78 is 15.5. The smallest absolute Gasteiger partial charge is 0.290 e. The highest BCUT2D eigenvalue weighted by Crippen LogP contribution is 2.19. The van der Waals surface area contributed by atoms with Gasteiger partial charge in [-0.25, -0.2) is 9.37 Å². The SMILES string of the molecule is CN1CCN(C(=O)c2nc(C(=O)Nc3ccccc3F)c3ccccn23)CC1. The number of halogens is 1. The quantitative estimate of drug-likeness (QED) is 0.755. The van der Waals surface area contributed by atoms with Crippen LogP contribution in [0.25, 0.3) is 5.52 Å². The molecule has 1 fully saturated rings. The van der Waals surface area contributed by atoms with Crippen LogP contribution in [-0.4, -0.2) is 64.2 Å². The monoisotopic (exact) mass is 381 g/mol. The lowest BCUT2D eigenvalue weighted by molar-refractivity contribution is 0.0651. The van der Waals surface area contributed by atoms with Gasteiger partial charge in [-0.15, -0.1) is 0 Å². The van der Waals surface area contributed by atoms with Crippen molar-refractivity contribution in [3.63, 3.8) is 0 Å². The lowest BCUT2D eigenvalue weighted by Gasteiger charge is -2.31. The second-order valence-corrected chi connectivity index (χ2v) is 6.77. The Morgan fingerprint density at radius 1 is 1.04 bits per heavy atom. The third kappa shape index (κ3) is 3.34. The number of fused-ring (bicyclic) bond motifs is 1. The molecule has 7 nitrogen and oxygen atoms in total. The Bertz CT molecular complexity index is 1040. The van der Waals surface area contributed by atoms with Crippen molar-refractivity contribution < 1.29 is 14.0 Å². The van der Waals surface area contributed by atoms with Crippen molar-refractivity contribution >= 4 is 23.0 Å². The number of para-hydroxylation sites is 1. The van der Waals surface area contributed by atoms with Crippen LogP contribution in [0.15, 0.2) is 48.7 Å². The van der Waals surface area contributed by atoms with E-state index in [0.717, 1.165) is 13.1 Å². The van der Waals surface area contributed by atoms with Gasteiger partial charge >= 0.3 is 0 Å². The number of amides is 2. The van der Waals surface area contributed by atoms with Crippen LogP contribution in [0, 0.1) is 5.82 Å². The predicted octanol–water partition coefficient (Wildman–Crippen LogP) is 2.11. The summed E-state index contributed by atoms with van der Waals surface area (Å²) in [6, 6.07) is 11.2. The molecular weight excluding hydrogens is 361 g/mol. The van der Waals surface area contributed by atoms with Gasteiger partial charge < -0.3 is 15.1 Å². The number of piperazine rings is 1. The summed E-state index contributed by atoms with van der Waals surface area (Å²) in [4.78, 5) is 34.0. The van der Waals surface area contributed by atoms with E-state index in [1.807, 2.05) is 7.05 Å². The molecule has 0 bridgehead atoms. The van der Waals surface area contributed by atoms with Gasteiger partial charge in [-0.2, -0.15) is 0 Å². The topological polar surface area (TPSA) is 69.9 Å². The minimum Gasteiger partial charge on any atom is -0.333 e. The molecule has 1 aromatic carbocycles. The third-order valence-corrected chi connectivity index (χ3v) is 4.87. The van der Waals surface area contributed by atoms with Crippen LogP contribution in [0.4, 0.5) is 10.1 Å². The lowest BCUT2D eigenvalue weighted by atomic mass is 10.2. The van der Waals surface area contributed by atoms with Gasteiger partial charge in [-0.3, -0.25) is 14.0 Å². The molecule has 2 aromatic heterocycles. The first-order chi connectivity index (χ1) is 13.5. The summed E-state index contributed by atoms with van der Waals surface area (Å²) in [6.07, 6.45) is 1.70. The highest BCUT2D eigenvalue weighted by Gasteiger charge is 2.27. The van der Waals surface area contributed by atoms with Gasteiger partial charge in [0, 0.05) is 32.4 Å². The molecule has 4 rings (SSSR count). The first-order valence-electron chi connectivity index (χ1n) is 9.05. The van der Waals surface area contributed by atoms with E-state index in [2.05, 4.69) is 15.2 Å². The van der Waals surface area contributed by atoms with Crippen LogP contribution in [0.5, 0.6) is 0 Å². The average Bonchev–Trinajstić information content (AvgIpc) is 3.10. The van der Waals surface area contributed by atoms with E-state index in [1.165, 1.54) is 12.1 Å². The summed E-state index contributed by atoms with van der Waals surface area (Å²) >= 11 is 0. The average molecular weight is 381 g/mol. The first-order valence-corrected chi connectivity index (χ1v) is 9.05. The molecule has 8 heteroatoms. The Morgan fingerprint density at radius 3 is 2.50 bits per heavy atom. The molecule has 28 heavy (non-hydrogen) atoms. The van der Waals surface area contributed by atoms with Crippen molar-refractivity contribution in [3.8, 4) is 0 Å². The molecule has 1 saturated heterocycles. The van der Waals surface area contributed by atoms with E-state index in [4.69, 9.17) is 0 Å². The van der Waals surface area contributed by atoms with Gasteiger partial charge in [-0.1, -0.05) is 18.2 Å². The number of imidazole rings is 1. The fourth-order valence-electron chi connectivity index (χ4n) is 3.25. The number of nitrogens with zero attached hydrogens (tertiary/aromatic N) is 4. The Labute approximate surface area is 161 Å². The highest BCUT2D eigenvalue weighted by molar-refractivity contribution is 6.09. The second-order valence-electron chi connectivity index (χ2n) is 6.77. The van der Waals surface area contributed by atoms with Crippen LogP contribution in [0.2, 0.25) is 0 Å². The van der Waals surface area contributed by atoms with E-state index in [1.54, 1.807) is 45.8 Å². The number of anilines is 1. The van der Waals surface area contributed by atoms with E-state index in [0.29, 0.717) is 18.6 Å². The first kappa shape index (κ1) is 18.1. The standard InChI is InChI=1S/C20H20FN5O2/c1-24-10-12-25(13-11-24)20(28)18-23-17(16-8-4-5-9-26(16)18)19(27)22-15-7-3-2-6-14(15)21/h2-9H,10-13H2,1H3,(H,22,27). The zero-order chi connectivity index (χ0) is 19.7. The van der Waals surface area contributed by atoms with Crippen LogP contribution in [0.1, 0.15) is 21.1 Å². The molecule has 3 heterocycles. The largest absolute Gasteiger partial charge is 0.333 e. The summed E-state index contributed by atoms with van der Waals surface area (Å²) in [5, 5.41) is 2.53. The van der Waals surface area contributed by atoms with Gasteiger partial charge in [0.1, 0.15) is 5.82 Å². The van der Waals surface area contributed by atoms with Crippen molar-refractivity contribution in [2.75, 3.05) is 38.5 Å². The van der Waals surface area contributed by atoms with Crippen LogP contribution < -0.4 is 5.32 Å². The molecule has 1 aliphatic rings. The lowest BCUT2D eigenvalue weighted by Crippen LogP contribution is -2.47. The molecule has 1 aliphatic heterocycles. The molecule has 0 unspecified atom stereocenters. The van der Waals surface area contributed by atoms with E-state index >= 15 is 0 Å². The summed E-state index contributed by atoms with van der Waals surface area (Å²) in [5.41, 5.74) is 0.645. The molecule has 0 aliphatic carbocycles. The number of benzene rings is 1. The van der Waals surface area contributed by atoms with Crippen molar-refractivity contribution in [2.45, 2.75) is 0 Å². The van der Waals surface area contributed by atoms with E-state index in [-0.39, 0.29) is 23.1 Å². The third-order valence-electron chi connectivity index (χ3n) is 4.87. The molecule has 0 atom stereocenters. The molecule has 0 spiro atoms. The Hall–Kier alpha value is -3.26. The molecule has 144 valence electrons. The summed E-state index contributed by atoms with van der Waals surface area (Å²) in [6.45, 7) is 2.78. The van der Waals surface area contributed by atoms with Gasteiger partial charge in [0.25, 0.3) is 11.8 Å². The molecule has 0 saturated carbocycles. The zero-order valence-electron chi connectivity index (χ0n) is 15.4. The fourth-order valence-corrected chi connectivity index (χ4v) is 3.25. The number of nitrogens with one attached hydrogen (secondary N) is 1. The number of aromatic nitrogens is 2. The summed E-state index contributed by atoms with van der Waals surface area (Å²) in [7, 11) is 2.01. The minimum atomic E-state index is -0.564. The number of carbonyl (C=O) groups is 2. The number of pyridine rings is 1. The number of hydrogen-bond donors (Lipinski definition) is 1. The molecular formula is C20H20FN5O2. The number of rotatable bonds is 3. The second kappa shape index (κ2) is 7.40. The number of hydrogen-bond acceptors (Lipinski definition) is 4. The normalized spacial score (nSPS) is 15.0. The minimum absolute atomic E-state index is 0.0662. The van der Waals surface area contributed by atoms with Gasteiger partial charge in [0.15, 0.2) is 5.69 Å². The Balaban J connectivity index is 1.67. The van der Waals surface area contributed by atoms with Crippen molar-refractivity contribution in [1.82, 2.24) is 19.2 Å². The van der Waals surface area contributed by atoms with Crippen LogP contribution in [0.3, 0.4) is 0 Å².